The molecule has 0 atom stereocenters. The Hall–Kier alpha value is -1.52. The van der Waals surface area contributed by atoms with Crippen LogP contribution in [-0.2, 0) is 5.88 Å². The largest absolute Gasteiger partial charge is 0.506 e. The smallest absolute Gasteiger partial charge is 0.275 e. The van der Waals surface area contributed by atoms with Crippen LogP contribution >= 0.6 is 23.2 Å². The maximum atomic E-state index is 11.8. The molecule has 6 heteroatoms. The van der Waals surface area contributed by atoms with Gasteiger partial charge >= 0.3 is 0 Å². The lowest BCUT2D eigenvalue weighted by Crippen LogP contribution is -2.22. The Morgan fingerprint density at radius 3 is 2.78 bits per heavy atom. The first-order valence-corrected chi connectivity index (χ1v) is 6.09. The van der Waals surface area contributed by atoms with Gasteiger partial charge in [-0.05, 0) is 24.6 Å². The van der Waals surface area contributed by atoms with Crippen molar-refractivity contribution in [2.24, 2.45) is 0 Å². The van der Waals surface area contributed by atoms with Crippen LogP contribution < -0.4 is 5.56 Å². The van der Waals surface area contributed by atoms with Crippen LogP contribution in [0.2, 0.25) is 5.02 Å². The van der Waals surface area contributed by atoms with E-state index in [0.717, 1.165) is 11.6 Å². The topological polar surface area (TPSA) is 55.1 Å². The second-order valence-corrected chi connectivity index (χ2v) is 4.49. The van der Waals surface area contributed by atoms with Gasteiger partial charge in [0.05, 0.1) is 11.6 Å². The first-order chi connectivity index (χ1) is 8.52. The van der Waals surface area contributed by atoms with Gasteiger partial charge in [-0.3, -0.25) is 4.79 Å². The van der Waals surface area contributed by atoms with Crippen molar-refractivity contribution in [2.45, 2.75) is 12.8 Å². The van der Waals surface area contributed by atoms with Crippen molar-refractivity contribution >= 4 is 23.2 Å². The van der Waals surface area contributed by atoms with E-state index in [1.54, 1.807) is 18.2 Å². The molecule has 0 aliphatic carbocycles. The molecule has 0 spiro atoms. The maximum absolute atomic E-state index is 11.8. The Labute approximate surface area is 113 Å². The van der Waals surface area contributed by atoms with E-state index in [-0.39, 0.29) is 17.3 Å². The minimum Gasteiger partial charge on any atom is -0.506 e. The van der Waals surface area contributed by atoms with Gasteiger partial charge in [0.2, 0.25) is 0 Å². The fourth-order valence-corrected chi connectivity index (χ4v) is 1.92. The molecule has 0 saturated heterocycles. The second-order valence-electron chi connectivity index (χ2n) is 3.79. The predicted molar refractivity (Wildman–Crippen MR) is 70.8 cm³/mol. The summed E-state index contributed by atoms with van der Waals surface area (Å²) in [7, 11) is 0. The summed E-state index contributed by atoms with van der Waals surface area (Å²) < 4.78 is 1.18. The number of rotatable bonds is 2. The Balaban J connectivity index is 2.71. The van der Waals surface area contributed by atoms with Crippen molar-refractivity contribution in [2.75, 3.05) is 0 Å². The summed E-state index contributed by atoms with van der Waals surface area (Å²) >= 11 is 11.6. The molecule has 0 aliphatic rings. The summed E-state index contributed by atoms with van der Waals surface area (Å²) in [6, 6.07) is 6.25. The zero-order valence-electron chi connectivity index (χ0n) is 9.52. The molecule has 94 valence electrons. The van der Waals surface area contributed by atoms with E-state index < -0.39 is 5.56 Å². The molecule has 1 N–H and O–H groups in total. The van der Waals surface area contributed by atoms with E-state index in [4.69, 9.17) is 23.2 Å². The fourth-order valence-electron chi connectivity index (χ4n) is 1.56. The standard InChI is InChI=1S/C12H10Cl2N2O2/c1-7-2-3-8(14)4-10(7)16-12(18)5-11(17)9(6-13)15-16/h2-5,17H,6H2,1H3. The normalized spacial score (nSPS) is 10.6. The highest BCUT2D eigenvalue weighted by atomic mass is 35.5. The van der Waals surface area contributed by atoms with Gasteiger partial charge in [-0.1, -0.05) is 17.7 Å². The second kappa shape index (κ2) is 5.00. The lowest BCUT2D eigenvalue weighted by atomic mass is 10.2. The molecule has 0 aliphatic heterocycles. The van der Waals surface area contributed by atoms with Gasteiger partial charge < -0.3 is 5.11 Å². The Kier molecular flexibility index (Phi) is 3.59. The number of hydrogen-bond donors (Lipinski definition) is 1. The van der Waals surface area contributed by atoms with Crippen LogP contribution in [0.1, 0.15) is 11.3 Å². The molecule has 2 aromatic rings. The Morgan fingerprint density at radius 1 is 1.39 bits per heavy atom. The number of aromatic nitrogens is 2. The van der Waals surface area contributed by atoms with E-state index in [1.165, 1.54) is 4.68 Å². The number of halogens is 2. The third-order valence-corrected chi connectivity index (χ3v) is 3.00. The zero-order valence-corrected chi connectivity index (χ0v) is 11.0. The summed E-state index contributed by atoms with van der Waals surface area (Å²) in [4.78, 5) is 11.8. The molecular formula is C12H10Cl2N2O2. The molecular weight excluding hydrogens is 275 g/mol. The van der Waals surface area contributed by atoms with Crippen molar-refractivity contribution < 1.29 is 5.11 Å². The molecule has 0 unspecified atom stereocenters. The van der Waals surface area contributed by atoms with Gasteiger partial charge in [0, 0.05) is 11.1 Å². The van der Waals surface area contributed by atoms with E-state index in [1.807, 2.05) is 6.92 Å². The van der Waals surface area contributed by atoms with Crippen LogP contribution in [-0.4, -0.2) is 14.9 Å². The lowest BCUT2D eigenvalue weighted by molar-refractivity contribution is 0.460. The minimum atomic E-state index is -0.438. The van der Waals surface area contributed by atoms with Crippen LogP contribution in [0.5, 0.6) is 5.75 Å². The average molecular weight is 285 g/mol. The number of nitrogens with zero attached hydrogens (tertiary/aromatic N) is 2. The average Bonchev–Trinajstić information content (AvgIpc) is 2.33. The van der Waals surface area contributed by atoms with Gasteiger partial charge in [-0.25, -0.2) is 0 Å². The van der Waals surface area contributed by atoms with Gasteiger partial charge in [0.25, 0.3) is 5.56 Å². The van der Waals surface area contributed by atoms with Gasteiger partial charge in [-0.15, -0.1) is 11.6 Å². The quantitative estimate of drug-likeness (QED) is 0.863. The molecule has 0 bridgehead atoms. The highest BCUT2D eigenvalue weighted by Crippen LogP contribution is 2.19. The van der Waals surface area contributed by atoms with Crippen molar-refractivity contribution in [1.82, 2.24) is 9.78 Å². The molecule has 0 amide bonds. The molecule has 0 saturated carbocycles. The highest BCUT2D eigenvalue weighted by Gasteiger charge is 2.10. The van der Waals surface area contributed by atoms with Crippen molar-refractivity contribution in [3.63, 3.8) is 0 Å². The van der Waals surface area contributed by atoms with Crippen molar-refractivity contribution in [1.29, 1.82) is 0 Å². The number of hydrogen-bond acceptors (Lipinski definition) is 3. The number of aryl methyl sites for hydroxylation is 1. The molecule has 1 aromatic carbocycles. The van der Waals surface area contributed by atoms with Crippen LogP contribution in [0.3, 0.4) is 0 Å². The molecule has 1 aromatic heterocycles. The first kappa shape index (κ1) is 12.9. The Bertz CT molecular complexity index is 653. The van der Waals surface area contributed by atoms with E-state index in [9.17, 15) is 9.90 Å². The lowest BCUT2D eigenvalue weighted by Gasteiger charge is -2.10. The summed E-state index contributed by atoms with van der Waals surface area (Å²) in [6.45, 7) is 1.84. The third kappa shape index (κ3) is 2.35. The van der Waals surface area contributed by atoms with E-state index >= 15 is 0 Å². The SMILES string of the molecule is Cc1ccc(Cl)cc1-n1nc(CCl)c(O)cc1=O. The third-order valence-electron chi connectivity index (χ3n) is 2.51. The van der Waals surface area contributed by atoms with Crippen molar-refractivity contribution in [3.8, 4) is 11.4 Å². The first-order valence-electron chi connectivity index (χ1n) is 5.17. The molecule has 18 heavy (non-hydrogen) atoms. The van der Waals surface area contributed by atoms with Crippen LogP contribution in [0.15, 0.2) is 29.1 Å². The van der Waals surface area contributed by atoms with Gasteiger partial charge in [-0.2, -0.15) is 9.78 Å². The minimum absolute atomic E-state index is 0.0196. The fraction of sp³-hybridized carbons (Fsp3) is 0.167. The molecule has 1 heterocycles. The van der Waals surface area contributed by atoms with Crippen LogP contribution in [0.25, 0.3) is 5.69 Å². The number of alkyl halides is 1. The molecule has 4 nitrogen and oxygen atoms in total. The van der Waals surface area contributed by atoms with Gasteiger partial charge in [0.1, 0.15) is 11.4 Å². The van der Waals surface area contributed by atoms with Crippen molar-refractivity contribution in [3.05, 3.63) is 50.9 Å². The van der Waals surface area contributed by atoms with E-state index in [0.29, 0.717) is 10.7 Å². The Morgan fingerprint density at radius 2 is 2.11 bits per heavy atom. The number of benzene rings is 1. The summed E-state index contributed by atoms with van der Waals surface area (Å²) in [6.07, 6.45) is 0. The summed E-state index contributed by atoms with van der Waals surface area (Å²) in [5.41, 5.74) is 1.22. The molecule has 0 radical (unpaired) electrons. The summed E-state index contributed by atoms with van der Waals surface area (Å²) in [5, 5.41) is 14.0. The highest BCUT2D eigenvalue weighted by molar-refractivity contribution is 6.30. The molecule has 2 rings (SSSR count). The molecule has 0 fully saturated rings. The predicted octanol–water partition coefficient (Wildman–Crippen LogP) is 2.64. The monoisotopic (exact) mass is 284 g/mol. The maximum Gasteiger partial charge on any atom is 0.275 e. The van der Waals surface area contributed by atoms with E-state index in [2.05, 4.69) is 5.10 Å². The zero-order chi connectivity index (χ0) is 13.3. The van der Waals surface area contributed by atoms with Gasteiger partial charge in [0.15, 0.2) is 0 Å². The number of aromatic hydroxyl groups is 1. The van der Waals surface area contributed by atoms with Crippen LogP contribution in [0, 0.1) is 6.92 Å². The summed E-state index contributed by atoms with van der Waals surface area (Å²) in [5.74, 6) is -0.183. The van der Waals surface area contributed by atoms with Crippen LogP contribution in [0.4, 0.5) is 0 Å².